The molecule has 0 aromatic heterocycles. The monoisotopic (exact) mass is 428 g/mol. The molecule has 2 aromatic rings. The van der Waals surface area contributed by atoms with Crippen LogP contribution in [0.15, 0.2) is 36.4 Å². The molecule has 0 spiro atoms. The Kier molecular flexibility index (Phi) is 6.71. The van der Waals surface area contributed by atoms with Gasteiger partial charge in [0.25, 0.3) is 17.5 Å². The Labute approximate surface area is 179 Å². The van der Waals surface area contributed by atoms with Crippen LogP contribution in [-0.4, -0.2) is 74.0 Å². The van der Waals surface area contributed by atoms with E-state index in [4.69, 9.17) is 9.47 Å². The number of hydrogen-bond acceptors (Lipinski definition) is 7. The van der Waals surface area contributed by atoms with Gasteiger partial charge in [-0.15, -0.1) is 0 Å². The molecule has 0 radical (unpaired) electrons. The number of anilines is 1. The molecule has 0 bridgehead atoms. The number of rotatable bonds is 6. The molecular formula is C21H24N4O6. The number of ether oxygens (including phenoxy) is 2. The zero-order chi connectivity index (χ0) is 22.5. The number of piperazine rings is 1. The van der Waals surface area contributed by atoms with Crippen molar-refractivity contribution < 1.29 is 24.0 Å². The Hall–Kier alpha value is -3.66. The SMILES string of the molecule is COc1cc(C(=O)Nc2ccc(C(=O)N3CCN(C)CC3)cc2)c([N+](=O)[O-])cc1OC. The summed E-state index contributed by atoms with van der Waals surface area (Å²) in [5.41, 5.74) is 0.348. The van der Waals surface area contributed by atoms with Crippen LogP contribution in [0.3, 0.4) is 0 Å². The number of methoxy groups -OCH3 is 2. The molecule has 0 aliphatic carbocycles. The molecule has 1 saturated heterocycles. The number of nitro groups is 1. The number of nitrogens with one attached hydrogen (secondary N) is 1. The second kappa shape index (κ2) is 9.43. The first-order valence-corrected chi connectivity index (χ1v) is 9.63. The number of nitrogens with zero attached hydrogens (tertiary/aromatic N) is 3. The van der Waals surface area contributed by atoms with Gasteiger partial charge in [0.2, 0.25) is 0 Å². The van der Waals surface area contributed by atoms with Gasteiger partial charge in [0.1, 0.15) is 5.56 Å². The Morgan fingerprint density at radius 3 is 2.13 bits per heavy atom. The maximum Gasteiger partial charge on any atom is 0.286 e. The first-order chi connectivity index (χ1) is 14.8. The number of carbonyl (C=O) groups is 2. The lowest BCUT2D eigenvalue weighted by molar-refractivity contribution is -0.385. The van der Waals surface area contributed by atoms with E-state index < -0.39 is 16.5 Å². The molecule has 164 valence electrons. The van der Waals surface area contributed by atoms with Crippen molar-refractivity contribution in [3.05, 3.63) is 57.6 Å². The van der Waals surface area contributed by atoms with Crippen molar-refractivity contribution in [2.75, 3.05) is 52.8 Å². The van der Waals surface area contributed by atoms with Crippen LogP contribution >= 0.6 is 0 Å². The topological polar surface area (TPSA) is 114 Å². The molecule has 1 N–H and O–H groups in total. The molecular weight excluding hydrogens is 404 g/mol. The zero-order valence-electron chi connectivity index (χ0n) is 17.6. The molecule has 10 heteroatoms. The smallest absolute Gasteiger partial charge is 0.286 e. The van der Waals surface area contributed by atoms with Crippen LogP contribution in [-0.2, 0) is 0 Å². The number of benzene rings is 2. The van der Waals surface area contributed by atoms with E-state index in [1.54, 1.807) is 29.2 Å². The second-order valence-electron chi connectivity index (χ2n) is 7.11. The summed E-state index contributed by atoms with van der Waals surface area (Å²) in [6.45, 7) is 2.97. The van der Waals surface area contributed by atoms with Gasteiger partial charge in [-0.25, -0.2) is 0 Å². The molecule has 1 aliphatic heterocycles. The number of likely N-dealkylation sites (N-methyl/N-ethyl adjacent to an activating group) is 1. The summed E-state index contributed by atoms with van der Waals surface area (Å²) in [4.78, 5) is 40.1. The summed E-state index contributed by atoms with van der Waals surface area (Å²) in [5.74, 6) is -0.392. The predicted molar refractivity (Wildman–Crippen MR) is 114 cm³/mol. The van der Waals surface area contributed by atoms with Gasteiger partial charge in [0.15, 0.2) is 11.5 Å². The van der Waals surface area contributed by atoms with Gasteiger partial charge in [-0.1, -0.05) is 0 Å². The van der Waals surface area contributed by atoms with E-state index in [9.17, 15) is 19.7 Å². The highest BCUT2D eigenvalue weighted by molar-refractivity contribution is 6.07. The number of hydrogen-bond donors (Lipinski definition) is 1. The lowest BCUT2D eigenvalue weighted by Gasteiger charge is -2.32. The average Bonchev–Trinajstić information content (AvgIpc) is 2.78. The van der Waals surface area contributed by atoms with Gasteiger partial charge in [-0.2, -0.15) is 0 Å². The maximum atomic E-state index is 12.7. The van der Waals surface area contributed by atoms with Gasteiger partial charge in [0.05, 0.1) is 25.2 Å². The third-order valence-electron chi connectivity index (χ3n) is 5.12. The average molecular weight is 428 g/mol. The Bertz CT molecular complexity index is 984. The summed E-state index contributed by atoms with van der Waals surface area (Å²) in [7, 11) is 4.75. The fourth-order valence-corrected chi connectivity index (χ4v) is 3.29. The summed E-state index contributed by atoms with van der Waals surface area (Å²) >= 11 is 0. The standard InChI is InChI=1S/C21H24N4O6/c1-23-8-10-24(11-9-23)21(27)14-4-6-15(7-5-14)22-20(26)16-12-18(30-2)19(31-3)13-17(16)25(28)29/h4-7,12-13H,8-11H2,1-3H3,(H,22,26). The van der Waals surface area contributed by atoms with E-state index in [0.29, 0.717) is 24.3 Å². The molecule has 31 heavy (non-hydrogen) atoms. The van der Waals surface area contributed by atoms with Gasteiger partial charge in [0, 0.05) is 43.5 Å². The summed E-state index contributed by atoms with van der Waals surface area (Å²) in [6, 6.07) is 8.84. The van der Waals surface area contributed by atoms with Crippen LogP contribution in [0.25, 0.3) is 0 Å². The van der Waals surface area contributed by atoms with Crippen molar-refractivity contribution >= 4 is 23.2 Å². The second-order valence-corrected chi connectivity index (χ2v) is 7.11. The van der Waals surface area contributed by atoms with E-state index in [2.05, 4.69) is 10.2 Å². The molecule has 2 aromatic carbocycles. The summed E-state index contributed by atoms with van der Waals surface area (Å²) < 4.78 is 10.2. The Balaban J connectivity index is 1.76. The zero-order valence-corrected chi connectivity index (χ0v) is 17.6. The van der Waals surface area contributed by atoms with E-state index in [-0.39, 0.29) is 23.0 Å². The minimum Gasteiger partial charge on any atom is -0.493 e. The summed E-state index contributed by atoms with van der Waals surface area (Å²) in [6.07, 6.45) is 0. The van der Waals surface area contributed by atoms with Crippen LogP contribution < -0.4 is 14.8 Å². The van der Waals surface area contributed by atoms with Gasteiger partial charge < -0.3 is 24.6 Å². The molecule has 2 amide bonds. The van der Waals surface area contributed by atoms with Crippen molar-refractivity contribution in [2.24, 2.45) is 0 Å². The molecule has 0 saturated carbocycles. The summed E-state index contributed by atoms with van der Waals surface area (Å²) in [5, 5.41) is 14.0. The fourth-order valence-electron chi connectivity index (χ4n) is 3.29. The molecule has 3 rings (SSSR count). The molecule has 10 nitrogen and oxygen atoms in total. The quantitative estimate of drug-likeness (QED) is 0.554. The largest absolute Gasteiger partial charge is 0.493 e. The molecule has 1 fully saturated rings. The fraction of sp³-hybridized carbons (Fsp3) is 0.333. The Morgan fingerprint density at radius 2 is 1.58 bits per heavy atom. The minimum atomic E-state index is -0.675. The Morgan fingerprint density at radius 1 is 1.00 bits per heavy atom. The van der Waals surface area contributed by atoms with Crippen LogP contribution in [0.4, 0.5) is 11.4 Å². The molecule has 0 unspecified atom stereocenters. The minimum absolute atomic E-state index is 0.0681. The number of nitro benzene ring substituents is 1. The lowest BCUT2D eigenvalue weighted by Crippen LogP contribution is -2.47. The van der Waals surface area contributed by atoms with Crippen LogP contribution in [0, 0.1) is 10.1 Å². The highest BCUT2D eigenvalue weighted by Crippen LogP contribution is 2.34. The third kappa shape index (κ3) is 4.92. The predicted octanol–water partition coefficient (Wildman–Crippen LogP) is 2.25. The van der Waals surface area contributed by atoms with E-state index >= 15 is 0 Å². The van der Waals surface area contributed by atoms with Gasteiger partial charge >= 0.3 is 0 Å². The number of carbonyl (C=O) groups excluding carboxylic acids is 2. The first-order valence-electron chi connectivity index (χ1n) is 9.63. The maximum absolute atomic E-state index is 12.7. The van der Waals surface area contributed by atoms with Gasteiger partial charge in [-0.05, 0) is 31.3 Å². The van der Waals surface area contributed by atoms with Crippen molar-refractivity contribution in [2.45, 2.75) is 0 Å². The van der Waals surface area contributed by atoms with Crippen LogP contribution in [0.5, 0.6) is 11.5 Å². The molecule has 0 atom stereocenters. The van der Waals surface area contributed by atoms with Crippen molar-refractivity contribution in [1.82, 2.24) is 9.80 Å². The van der Waals surface area contributed by atoms with Crippen molar-refractivity contribution in [1.29, 1.82) is 0 Å². The van der Waals surface area contributed by atoms with E-state index in [1.807, 2.05) is 7.05 Å². The molecule has 1 heterocycles. The third-order valence-corrected chi connectivity index (χ3v) is 5.12. The van der Waals surface area contributed by atoms with E-state index in [1.165, 1.54) is 20.3 Å². The van der Waals surface area contributed by atoms with Crippen LogP contribution in [0.1, 0.15) is 20.7 Å². The van der Waals surface area contributed by atoms with Crippen LogP contribution in [0.2, 0.25) is 0 Å². The number of amides is 2. The highest BCUT2D eigenvalue weighted by atomic mass is 16.6. The first kappa shape index (κ1) is 22.0. The van der Waals surface area contributed by atoms with Gasteiger partial charge in [-0.3, -0.25) is 19.7 Å². The highest BCUT2D eigenvalue weighted by Gasteiger charge is 2.25. The van der Waals surface area contributed by atoms with Crippen molar-refractivity contribution in [3.63, 3.8) is 0 Å². The van der Waals surface area contributed by atoms with E-state index in [0.717, 1.165) is 19.2 Å². The lowest BCUT2D eigenvalue weighted by atomic mass is 10.1. The van der Waals surface area contributed by atoms with Crippen molar-refractivity contribution in [3.8, 4) is 11.5 Å². The normalized spacial score (nSPS) is 14.1. The molecule has 1 aliphatic rings.